The quantitative estimate of drug-likeness (QED) is 0.693. The molecule has 0 radical (unpaired) electrons. The molecule has 1 amide bonds. The zero-order chi connectivity index (χ0) is 19.5. The zero-order valence-corrected chi connectivity index (χ0v) is 15.6. The number of piperazine rings is 1. The van der Waals surface area contributed by atoms with Crippen LogP contribution in [0.5, 0.6) is 0 Å². The first kappa shape index (κ1) is 18.2. The maximum absolute atomic E-state index is 13.5. The van der Waals surface area contributed by atoms with Crippen LogP contribution in [0.4, 0.5) is 4.39 Å². The van der Waals surface area contributed by atoms with Crippen LogP contribution >= 0.6 is 0 Å². The third-order valence-corrected chi connectivity index (χ3v) is 4.99. The smallest absolute Gasteiger partial charge is 0.254 e. The van der Waals surface area contributed by atoms with Gasteiger partial charge >= 0.3 is 0 Å². The monoisotopic (exact) mass is 380 g/mol. The zero-order valence-electron chi connectivity index (χ0n) is 15.6. The molecule has 0 N–H and O–H groups in total. The first-order valence-corrected chi connectivity index (χ1v) is 9.22. The third-order valence-electron chi connectivity index (χ3n) is 4.99. The highest BCUT2D eigenvalue weighted by Crippen LogP contribution is 2.15. The number of halogens is 1. The van der Waals surface area contributed by atoms with Crippen molar-refractivity contribution in [3.63, 3.8) is 0 Å². The lowest BCUT2D eigenvalue weighted by atomic mass is 10.1. The van der Waals surface area contributed by atoms with Gasteiger partial charge in [0.1, 0.15) is 5.82 Å². The van der Waals surface area contributed by atoms with Gasteiger partial charge in [0.15, 0.2) is 5.82 Å². The van der Waals surface area contributed by atoms with E-state index in [1.54, 1.807) is 16.8 Å². The lowest BCUT2D eigenvalue weighted by Gasteiger charge is -2.34. The van der Waals surface area contributed by atoms with Crippen LogP contribution in [-0.2, 0) is 6.54 Å². The Hall–Kier alpha value is -3.13. The molecule has 7 nitrogen and oxygen atoms in total. The minimum atomic E-state index is -0.331. The van der Waals surface area contributed by atoms with Crippen LogP contribution in [0.3, 0.4) is 0 Å². The minimum Gasteiger partial charge on any atom is -0.336 e. The average molecular weight is 380 g/mol. The van der Waals surface area contributed by atoms with Crippen molar-refractivity contribution < 1.29 is 9.18 Å². The normalized spacial score (nSPS) is 15.0. The lowest BCUT2D eigenvalue weighted by Crippen LogP contribution is -2.48. The average Bonchev–Trinajstić information content (AvgIpc) is 3.17. The van der Waals surface area contributed by atoms with Crippen molar-refractivity contribution in [2.45, 2.75) is 13.5 Å². The Morgan fingerprint density at radius 2 is 1.86 bits per heavy atom. The molecule has 0 unspecified atom stereocenters. The second-order valence-electron chi connectivity index (χ2n) is 6.87. The van der Waals surface area contributed by atoms with Crippen molar-refractivity contribution in [3.05, 3.63) is 71.3 Å². The Balaban J connectivity index is 1.40. The number of tetrazole rings is 1. The number of nitrogens with zero attached hydrogens (tertiary/aromatic N) is 6. The van der Waals surface area contributed by atoms with Crippen molar-refractivity contribution in [2.75, 3.05) is 26.2 Å². The van der Waals surface area contributed by atoms with Crippen LogP contribution in [0.2, 0.25) is 0 Å². The lowest BCUT2D eigenvalue weighted by molar-refractivity contribution is 0.0624. The molecular formula is C20H21FN6O. The molecular weight excluding hydrogens is 359 g/mol. The van der Waals surface area contributed by atoms with Crippen molar-refractivity contribution in [3.8, 4) is 5.69 Å². The number of rotatable bonds is 4. The number of amides is 1. The van der Waals surface area contributed by atoms with E-state index in [4.69, 9.17) is 0 Å². The molecule has 8 heteroatoms. The van der Waals surface area contributed by atoms with E-state index in [0.29, 0.717) is 31.1 Å². The first-order valence-electron chi connectivity index (χ1n) is 9.22. The molecule has 1 aliphatic rings. The molecule has 2 aromatic carbocycles. The number of carbonyl (C=O) groups excluding carboxylic acids is 1. The van der Waals surface area contributed by atoms with E-state index < -0.39 is 0 Å². The van der Waals surface area contributed by atoms with Gasteiger partial charge in [0, 0.05) is 31.7 Å². The van der Waals surface area contributed by atoms with Crippen molar-refractivity contribution in [1.29, 1.82) is 0 Å². The second-order valence-corrected chi connectivity index (χ2v) is 6.87. The number of aromatic nitrogens is 4. The molecule has 1 fully saturated rings. The number of aryl methyl sites for hydroxylation is 1. The Morgan fingerprint density at radius 3 is 2.61 bits per heavy atom. The first-order chi connectivity index (χ1) is 13.6. The molecule has 1 saturated heterocycles. The summed E-state index contributed by atoms with van der Waals surface area (Å²) in [5, 5.41) is 11.8. The van der Waals surface area contributed by atoms with Crippen LogP contribution in [-0.4, -0.2) is 62.1 Å². The van der Waals surface area contributed by atoms with E-state index in [1.807, 2.05) is 36.1 Å². The van der Waals surface area contributed by atoms with Gasteiger partial charge < -0.3 is 4.90 Å². The standard InChI is InChI=1S/C20H21FN6O/c1-15-5-2-3-8-18(15)20(28)26-11-9-25(10-12-26)14-19-22-23-24-27(19)17-7-4-6-16(21)13-17/h2-8,13H,9-12,14H2,1H3. The van der Waals surface area contributed by atoms with Gasteiger partial charge in [-0.15, -0.1) is 5.10 Å². The highest BCUT2D eigenvalue weighted by atomic mass is 19.1. The fourth-order valence-electron chi connectivity index (χ4n) is 3.41. The van der Waals surface area contributed by atoms with E-state index >= 15 is 0 Å². The van der Waals surface area contributed by atoms with Gasteiger partial charge in [-0.2, -0.15) is 4.68 Å². The van der Waals surface area contributed by atoms with Crippen molar-refractivity contribution in [1.82, 2.24) is 30.0 Å². The summed E-state index contributed by atoms with van der Waals surface area (Å²) >= 11 is 0. The Kier molecular flexibility index (Phi) is 5.12. The maximum Gasteiger partial charge on any atom is 0.254 e. The van der Waals surface area contributed by atoms with E-state index in [0.717, 1.165) is 24.2 Å². The van der Waals surface area contributed by atoms with Gasteiger partial charge in [0.2, 0.25) is 0 Å². The van der Waals surface area contributed by atoms with E-state index in [-0.39, 0.29) is 11.7 Å². The number of benzene rings is 2. The number of hydrogen-bond acceptors (Lipinski definition) is 5. The van der Waals surface area contributed by atoms with Gasteiger partial charge in [-0.05, 0) is 47.2 Å². The molecule has 0 spiro atoms. The van der Waals surface area contributed by atoms with Crippen LogP contribution < -0.4 is 0 Å². The summed E-state index contributed by atoms with van der Waals surface area (Å²) < 4.78 is 15.1. The molecule has 2 heterocycles. The SMILES string of the molecule is Cc1ccccc1C(=O)N1CCN(Cc2nnnn2-c2cccc(F)c2)CC1. The highest BCUT2D eigenvalue weighted by molar-refractivity contribution is 5.95. The fourth-order valence-corrected chi connectivity index (χ4v) is 3.41. The van der Waals surface area contributed by atoms with Crippen molar-refractivity contribution in [2.24, 2.45) is 0 Å². The van der Waals surface area contributed by atoms with Gasteiger partial charge in [-0.25, -0.2) is 4.39 Å². The predicted molar refractivity (Wildman–Crippen MR) is 101 cm³/mol. The van der Waals surface area contributed by atoms with Gasteiger partial charge in [0.05, 0.1) is 12.2 Å². The topological polar surface area (TPSA) is 67.2 Å². The summed E-state index contributed by atoms with van der Waals surface area (Å²) in [6, 6.07) is 13.8. The molecule has 1 aromatic heterocycles. The molecule has 1 aliphatic heterocycles. The van der Waals surface area contributed by atoms with Gasteiger partial charge in [0.25, 0.3) is 5.91 Å². The number of hydrogen-bond donors (Lipinski definition) is 0. The largest absolute Gasteiger partial charge is 0.336 e. The summed E-state index contributed by atoms with van der Waals surface area (Å²) in [5.74, 6) is 0.383. The van der Waals surface area contributed by atoms with Crippen molar-refractivity contribution >= 4 is 5.91 Å². The molecule has 0 saturated carbocycles. The summed E-state index contributed by atoms with van der Waals surface area (Å²) in [7, 11) is 0. The summed E-state index contributed by atoms with van der Waals surface area (Å²) in [4.78, 5) is 16.8. The molecule has 3 aromatic rings. The fraction of sp³-hybridized carbons (Fsp3) is 0.300. The molecule has 28 heavy (non-hydrogen) atoms. The molecule has 0 bridgehead atoms. The molecule has 0 atom stereocenters. The predicted octanol–water partition coefficient (Wildman–Crippen LogP) is 2.07. The van der Waals surface area contributed by atoms with Crippen LogP contribution in [0, 0.1) is 12.7 Å². The Labute approximate surface area is 162 Å². The van der Waals surface area contributed by atoms with Gasteiger partial charge in [-0.1, -0.05) is 24.3 Å². The maximum atomic E-state index is 13.5. The molecule has 4 rings (SSSR count). The van der Waals surface area contributed by atoms with Crippen LogP contribution in [0.15, 0.2) is 48.5 Å². The third kappa shape index (κ3) is 3.77. The number of carbonyl (C=O) groups is 1. The summed E-state index contributed by atoms with van der Waals surface area (Å²) in [6.07, 6.45) is 0. The Morgan fingerprint density at radius 1 is 1.07 bits per heavy atom. The van der Waals surface area contributed by atoms with Crippen LogP contribution in [0.1, 0.15) is 21.7 Å². The summed E-state index contributed by atoms with van der Waals surface area (Å²) in [5.41, 5.74) is 2.34. The van der Waals surface area contributed by atoms with E-state index in [9.17, 15) is 9.18 Å². The van der Waals surface area contributed by atoms with Crippen LogP contribution in [0.25, 0.3) is 5.69 Å². The highest BCUT2D eigenvalue weighted by Gasteiger charge is 2.24. The summed E-state index contributed by atoms with van der Waals surface area (Å²) in [6.45, 7) is 5.25. The minimum absolute atomic E-state index is 0.0716. The molecule has 144 valence electrons. The Bertz CT molecular complexity index is 980. The second kappa shape index (κ2) is 7.85. The van der Waals surface area contributed by atoms with E-state index in [1.165, 1.54) is 12.1 Å². The molecule has 0 aliphatic carbocycles. The van der Waals surface area contributed by atoms with E-state index in [2.05, 4.69) is 20.4 Å². The van der Waals surface area contributed by atoms with Gasteiger partial charge in [-0.3, -0.25) is 9.69 Å².